The van der Waals surface area contributed by atoms with E-state index in [0.29, 0.717) is 6.42 Å². The number of hydrogen-bond acceptors (Lipinski definition) is 3. The van der Waals surface area contributed by atoms with Crippen LogP contribution in [0.5, 0.6) is 0 Å². The molecule has 1 aromatic carbocycles. The van der Waals surface area contributed by atoms with Gasteiger partial charge in [0.15, 0.2) is 0 Å². The number of benzene rings is 1. The summed E-state index contributed by atoms with van der Waals surface area (Å²) in [5.74, 6) is -0.614. The summed E-state index contributed by atoms with van der Waals surface area (Å²) in [4.78, 5) is 13.8. The number of carbonyl (C=O) groups excluding carboxylic acids is 1. The van der Waals surface area contributed by atoms with Crippen molar-refractivity contribution in [3.8, 4) is 0 Å². The number of nitrogens with zero attached hydrogens (tertiary/aromatic N) is 1. The Kier molecular flexibility index (Phi) is 6.17. The Labute approximate surface area is 121 Å². The van der Waals surface area contributed by atoms with Crippen molar-refractivity contribution >= 4 is 5.91 Å². The Morgan fingerprint density at radius 2 is 1.75 bits per heavy atom. The molecule has 4 atom stereocenters. The fourth-order valence-corrected chi connectivity index (χ4v) is 2.18. The zero-order chi connectivity index (χ0) is 15.3. The Bertz CT molecular complexity index is 421. The van der Waals surface area contributed by atoms with Gasteiger partial charge in [-0.05, 0) is 18.9 Å². The predicted molar refractivity (Wildman–Crippen MR) is 79.1 cm³/mol. The van der Waals surface area contributed by atoms with Crippen LogP contribution < -0.4 is 0 Å². The van der Waals surface area contributed by atoms with Gasteiger partial charge in [-0.2, -0.15) is 0 Å². The number of likely N-dealkylation sites (N-methyl/N-ethyl adjacent to an activating group) is 1. The van der Waals surface area contributed by atoms with E-state index in [1.54, 1.807) is 20.9 Å². The largest absolute Gasteiger partial charge is 0.392 e. The summed E-state index contributed by atoms with van der Waals surface area (Å²) >= 11 is 0. The minimum absolute atomic E-state index is 0.151. The van der Waals surface area contributed by atoms with Gasteiger partial charge < -0.3 is 15.1 Å². The second kappa shape index (κ2) is 7.41. The van der Waals surface area contributed by atoms with Crippen LogP contribution in [0.2, 0.25) is 0 Å². The molecule has 0 saturated carbocycles. The molecule has 0 aliphatic rings. The highest BCUT2D eigenvalue weighted by Gasteiger charge is 2.29. The molecule has 0 spiro atoms. The molecule has 1 aromatic rings. The Morgan fingerprint density at radius 1 is 1.20 bits per heavy atom. The van der Waals surface area contributed by atoms with E-state index in [4.69, 9.17) is 0 Å². The van der Waals surface area contributed by atoms with E-state index in [1.165, 1.54) is 4.90 Å². The van der Waals surface area contributed by atoms with E-state index in [1.807, 2.05) is 37.3 Å². The molecular formula is C16H25NO3. The molecular weight excluding hydrogens is 254 g/mol. The third kappa shape index (κ3) is 3.81. The number of aliphatic hydroxyl groups is 2. The van der Waals surface area contributed by atoms with Crippen LogP contribution in [0.1, 0.15) is 38.9 Å². The third-order valence-electron chi connectivity index (χ3n) is 3.94. The lowest BCUT2D eigenvalue weighted by Gasteiger charge is -2.32. The molecule has 0 radical (unpaired) electrons. The molecule has 4 heteroatoms. The van der Waals surface area contributed by atoms with Crippen molar-refractivity contribution < 1.29 is 15.0 Å². The molecule has 20 heavy (non-hydrogen) atoms. The van der Waals surface area contributed by atoms with Gasteiger partial charge in [0.25, 0.3) is 0 Å². The van der Waals surface area contributed by atoms with Crippen molar-refractivity contribution in [2.75, 3.05) is 7.05 Å². The van der Waals surface area contributed by atoms with E-state index in [0.717, 1.165) is 5.56 Å². The highest BCUT2D eigenvalue weighted by atomic mass is 16.3. The first-order chi connectivity index (χ1) is 9.40. The SMILES string of the molecule is CC[C@@H](O)[C@@H](C)C(=O)N(C)[C@@H](C)[C@@H](O)c1ccccc1. The molecule has 0 bridgehead atoms. The van der Waals surface area contributed by atoms with E-state index < -0.39 is 18.1 Å². The lowest BCUT2D eigenvalue weighted by Crippen LogP contribution is -2.44. The maximum Gasteiger partial charge on any atom is 0.228 e. The Morgan fingerprint density at radius 3 is 2.25 bits per heavy atom. The number of hydrogen-bond donors (Lipinski definition) is 2. The second-order valence-corrected chi connectivity index (χ2v) is 5.31. The van der Waals surface area contributed by atoms with Crippen molar-refractivity contribution in [1.82, 2.24) is 4.90 Å². The first-order valence-electron chi connectivity index (χ1n) is 7.07. The molecule has 0 unspecified atom stereocenters. The van der Waals surface area contributed by atoms with Gasteiger partial charge in [0.2, 0.25) is 5.91 Å². The van der Waals surface area contributed by atoms with Crippen LogP contribution in [0, 0.1) is 5.92 Å². The molecule has 0 aliphatic heterocycles. The zero-order valence-electron chi connectivity index (χ0n) is 12.7. The van der Waals surface area contributed by atoms with Gasteiger partial charge in [0.1, 0.15) is 0 Å². The van der Waals surface area contributed by atoms with Crippen molar-refractivity contribution in [3.05, 3.63) is 35.9 Å². The summed E-state index contributed by atoms with van der Waals surface area (Å²) in [5, 5.41) is 20.1. The predicted octanol–water partition coefficient (Wildman–Crippen LogP) is 1.97. The summed E-state index contributed by atoms with van der Waals surface area (Å²) in [6.45, 7) is 5.37. The number of carbonyl (C=O) groups is 1. The maximum atomic E-state index is 12.3. The molecule has 2 N–H and O–H groups in total. The van der Waals surface area contributed by atoms with Crippen molar-refractivity contribution in [1.29, 1.82) is 0 Å². The smallest absolute Gasteiger partial charge is 0.228 e. The monoisotopic (exact) mass is 279 g/mol. The fraction of sp³-hybridized carbons (Fsp3) is 0.562. The van der Waals surface area contributed by atoms with Crippen LogP contribution in [-0.4, -0.2) is 40.2 Å². The number of amides is 1. The minimum atomic E-state index is -0.740. The van der Waals surface area contributed by atoms with Gasteiger partial charge in [-0.3, -0.25) is 4.79 Å². The molecule has 0 saturated heterocycles. The number of aliphatic hydroxyl groups excluding tert-OH is 2. The van der Waals surface area contributed by atoms with Crippen LogP contribution in [0.15, 0.2) is 30.3 Å². The third-order valence-corrected chi connectivity index (χ3v) is 3.94. The summed E-state index contributed by atoms with van der Waals surface area (Å²) in [6, 6.07) is 8.92. The Balaban J connectivity index is 2.76. The van der Waals surface area contributed by atoms with Crippen LogP contribution in [0.4, 0.5) is 0 Å². The van der Waals surface area contributed by atoms with Crippen LogP contribution in [-0.2, 0) is 4.79 Å². The fourth-order valence-electron chi connectivity index (χ4n) is 2.18. The van der Waals surface area contributed by atoms with Crippen LogP contribution in [0.25, 0.3) is 0 Å². The van der Waals surface area contributed by atoms with Crippen LogP contribution >= 0.6 is 0 Å². The van der Waals surface area contributed by atoms with Gasteiger partial charge in [0, 0.05) is 7.05 Å². The molecule has 0 aliphatic carbocycles. The van der Waals surface area contributed by atoms with E-state index in [-0.39, 0.29) is 11.9 Å². The van der Waals surface area contributed by atoms with Crippen molar-refractivity contribution in [2.24, 2.45) is 5.92 Å². The molecule has 1 amide bonds. The normalized spacial score (nSPS) is 17.1. The van der Waals surface area contributed by atoms with Gasteiger partial charge in [0.05, 0.1) is 24.2 Å². The molecule has 1 rings (SSSR count). The first kappa shape index (κ1) is 16.7. The van der Waals surface area contributed by atoms with Gasteiger partial charge in [-0.1, -0.05) is 44.2 Å². The summed E-state index contributed by atoms with van der Waals surface area (Å²) < 4.78 is 0. The lowest BCUT2D eigenvalue weighted by molar-refractivity contribution is -0.141. The molecule has 0 aromatic heterocycles. The summed E-state index contributed by atoms with van der Waals surface area (Å²) in [7, 11) is 1.66. The standard InChI is InChI=1S/C16H25NO3/c1-5-14(18)11(2)16(20)17(4)12(3)15(19)13-9-7-6-8-10-13/h6-12,14-15,18-19H,5H2,1-4H3/t11-,12+,14-,15-/m1/s1. The van der Waals surface area contributed by atoms with Gasteiger partial charge in [-0.15, -0.1) is 0 Å². The van der Waals surface area contributed by atoms with Crippen molar-refractivity contribution in [3.63, 3.8) is 0 Å². The second-order valence-electron chi connectivity index (χ2n) is 5.31. The van der Waals surface area contributed by atoms with E-state index in [9.17, 15) is 15.0 Å². The molecule has 0 fully saturated rings. The maximum absolute atomic E-state index is 12.3. The quantitative estimate of drug-likeness (QED) is 0.837. The summed E-state index contributed by atoms with van der Waals surface area (Å²) in [5.41, 5.74) is 0.781. The minimum Gasteiger partial charge on any atom is -0.392 e. The van der Waals surface area contributed by atoms with Crippen LogP contribution in [0.3, 0.4) is 0 Å². The van der Waals surface area contributed by atoms with Crippen molar-refractivity contribution in [2.45, 2.75) is 45.4 Å². The zero-order valence-corrected chi connectivity index (χ0v) is 12.7. The first-order valence-corrected chi connectivity index (χ1v) is 7.07. The topological polar surface area (TPSA) is 60.8 Å². The molecule has 112 valence electrons. The average Bonchev–Trinajstić information content (AvgIpc) is 2.51. The highest BCUT2D eigenvalue weighted by Crippen LogP contribution is 2.22. The highest BCUT2D eigenvalue weighted by molar-refractivity contribution is 5.79. The lowest BCUT2D eigenvalue weighted by atomic mass is 9.98. The van der Waals surface area contributed by atoms with E-state index >= 15 is 0 Å². The summed E-state index contributed by atoms with van der Waals surface area (Å²) in [6.07, 6.45) is -0.849. The van der Waals surface area contributed by atoms with Gasteiger partial charge in [-0.25, -0.2) is 0 Å². The number of rotatable bonds is 6. The molecule has 4 nitrogen and oxygen atoms in total. The van der Waals surface area contributed by atoms with Gasteiger partial charge >= 0.3 is 0 Å². The average molecular weight is 279 g/mol. The molecule has 0 heterocycles. The van der Waals surface area contributed by atoms with E-state index in [2.05, 4.69) is 0 Å². The Hall–Kier alpha value is -1.39.